The van der Waals surface area contributed by atoms with Gasteiger partial charge in [0.05, 0.1) is 0 Å². The largest absolute Gasteiger partial charge is 0.507 e. The van der Waals surface area contributed by atoms with E-state index in [1.54, 1.807) is 0 Å². The van der Waals surface area contributed by atoms with E-state index in [2.05, 4.69) is 133 Å². The van der Waals surface area contributed by atoms with Gasteiger partial charge in [0.2, 0.25) is 0 Å². The third kappa shape index (κ3) is 7.53. The van der Waals surface area contributed by atoms with Crippen molar-refractivity contribution in [3.05, 3.63) is 57.6 Å². The van der Waals surface area contributed by atoms with Crippen molar-refractivity contribution >= 4 is 0 Å². The Balaban J connectivity index is 2.71. The smallest absolute Gasteiger partial charge is 0.123 e. The van der Waals surface area contributed by atoms with E-state index in [-0.39, 0.29) is 27.2 Å². The van der Waals surface area contributed by atoms with Gasteiger partial charge < -0.3 is 10.2 Å². The van der Waals surface area contributed by atoms with Gasteiger partial charge in [0.15, 0.2) is 0 Å². The van der Waals surface area contributed by atoms with Gasteiger partial charge in [-0.05, 0) is 64.7 Å². The molecular weight excluding hydrogens is 454 g/mol. The Hall–Kier alpha value is -2.00. The van der Waals surface area contributed by atoms with E-state index in [0.717, 1.165) is 22.3 Å². The maximum Gasteiger partial charge on any atom is 0.123 e. The summed E-state index contributed by atoms with van der Waals surface area (Å²) in [5, 5.41) is 23.0. The molecular formula is C34H55NO2. The molecule has 208 valence electrons. The average molecular weight is 510 g/mol. The van der Waals surface area contributed by atoms with Crippen molar-refractivity contribution < 1.29 is 10.2 Å². The Labute approximate surface area is 228 Å². The number of phenols is 2. The highest BCUT2D eigenvalue weighted by atomic mass is 16.3. The van der Waals surface area contributed by atoms with Gasteiger partial charge in [-0.1, -0.05) is 107 Å². The highest BCUT2D eigenvalue weighted by molar-refractivity contribution is 5.50. The highest BCUT2D eigenvalue weighted by Crippen LogP contribution is 2.41. The van der Waals surface area contributed by atoms with Gasteiger partial charge in [-0.25, -0.2) is 0 Å². The van der Waals surface area contributed by atoms with Crippen LogP contribution in [0, 0.1) is 0 Å². The van der Waals surface area contributed by atoms with Gasteiger partial charge in [0.25, 0.3) is 0 Å². The lowest BCUT2D eigenvalue weighted by molar-refractivity contribution is 0.116. The Morgan fingerprint density at radius 2 is 0.784 bits per heavy atom. The molecule has 0 aliphatic heterocycles. The fourth-order valence-corrected chi connectivity index (χ4v) is 4.58. The Kier molecular flexibility index (Phi) is 8.40. The first-order chi connectivity index (χ1) is 16.3. The van der Waals surface area contributed by atoms with Gasteiger partial charge in [-0.2, -0.15) is 0 Å². The number of benzene rings is 2. The lowest BCUT2D eigenvalue weighted by Gasteiger charge is -2.38. The average Bonchev–Trinajstić information content (AvgIpc) is 2.65. The number of nitrogens with zero attached hydrogens (tertiary/aromatic N) is 1. The van der Waals surface area contributed by atoms with Crippen LogP contribution >= 0.6 is 0 Å². The minimum atomic E-state index is -0.182. The number of phenolic OH excluding ortho intramolecular Hbond substituents is 2. The summed E-state index contributed by atoms with van der Waals surface area (Å²) in [5.41, 5.74) is 5.71. The predicted octanol–water partition coefficient (Wildman–Crippen LogP) is 9.09. The summed E-state index contributed by atoms with van der Waals surface area (Å²) >= 11 is 0. The molecule has 0 aromatic heterocycles. The number of hydrogen-bond donors (Lipinski definition) is 2. The summed E-state index contributed by atoms with van der Waals surface area (Å²) in [6.07, 6.45) is 0. The van der Waals surface area contributed by atoms with Gasteiger partial charge in [-0.15, -0.1) is 0 Å². The van der Waals surface area contributed by atoms with E-state index in [1.165, 1.54) is 11.1 Å². The van der Waals surface area contributed by atoms with Crippen molar-refractivity contribution in [1.82, 2.24) is 4.90 Å². The summed E-state index contributed by atoms with van der Waals surface area (Å²) in [6, 6.07) is 8.70. The zero-order chi connectivity index (χ0) is 28.9. The fraction of sp³-hybridized carbons (Fsp3) is 0.647. The van der Waals surface area contributed by atoms with Crippen molar-refractivity contribution in [2.45, 2.75) is 144 Å². The molecule has 0 heterocycles. The zero-order valence-electron chi connectivity index (χ0n) is 26.6. The van der Waals surface area contributed by atoms with Gasteiger partial charge in [0.1, 0.15) is 11.5 Å². The first-order valence-corrected chi connectivity index (χ1v) is 13.8. The van der Waals surface area contributed by atoms with Crippen LogP contribution in [0.2, 0.25) is 0 Å². The van der Waals surface area contributed by atoms with Crippen molar-refractivity contribution in [1.29, 1.82) is 0 Å². The van der Waals surface area contributed by atoms with Crippen LogP contribution in [0.4, 0.5) is 0 Å². The van der Waals surface area contributed by atoms with Crippen LogP contribution in [0.3, 0.4) is 0 Å². The molecule has 0 atom stereocenters. The molecule has 2 rings (SSSR count). The van der Waals surface area contributed by atoms with Crippen LogP contribution in [0.1, 0.15) is 137 Å². The summed E-state index contributed by atoms with van der Waals surface area (Å²) < 4.78 is 0. The van der Waals surface area contributed by atoms with Crippen LogP contribution in [-0.2, 0) is 34.7 Å². The minimum absolute atomic E-state index is 0.0318. The molecule has 0 spiro atoms. The number of aromatic hydroxyl groups is 2. The van der Waals surface area contributed by atoms with Crippen molar-refractivity contribution in [2.24, 2.45) is 0 Å². The molecule has 3 heteroatoms. The van der Waals surface area contributed by atoms with Crippen molar-refractivity contribution in [3.63, 3.8) is 0 Å². The second kappa shape index (κ2) is 9.95. The van der Waals surface area contributed by atoms with E-state index in [0.29, 0.717) is 24.6 Å². The summed E-state index contributed by atoms with van der Waals surface area (Å²) in [4.78, 5) is 2.37. The van der Waals surface area contributed by atoms with Crippen molar-refractivity contribution in [2.75, 3.05) is 0 Å². The first kappa shape index (κ1) is 31.2. The summed E-state index contributed by atoms with van der Waals surface area (Å²) in [7, 11) is 0. The molecule has 0 amide bonds. The molecule has 2 N–H and O–H groups in total. The SMILES string of the molecule is CC(C)(C)c1cc(CN(Cc2cc(C(C)(C)C)cc(C(C)(C)C)c2O)C(C)(C)C)c(O)c(C(C)(C)C)c1. The van der Waals surface area contributed by atoms with Gasteiger partial charge in [-0.3, -0.25) is 4.90 Å². The molecule has 0 aliphatic carbocycles. The first-order valence-electron chi connectivity index (χ1n) is 13.8. The zero-order valence-corrected chi connectivity index (χ0v) is 26.6. The standard InChI is InChI=1S/C34H55NO2/c1-30(2,3)24-16-22(28(36)26(18-24)32(7,8)9)20-35(34(13,14)15)21-23-17-25(31(4,5)6)19-27(29(23)37)33(10,11)12/h16-19,36-37H,20-21H2,1-15H3. The van der Waals surface area contributed by atoms with Crippen LogP contribution in [0.5, 0.6) is 11.5 Å². The lowest BCUT2D eigenvalue weighted by Crippen LogP contribution is -2.40. The van der Waals surface area contributed by atoms with Crippen LogP contribution in [0.15, 0.2) is 24.3 Å². The maximum atomic E-state index is 11.5. The molecule has 0 saturated carbocycles. The third-order valence-corrected chi connectivity index (χ3v) is 7.40. The monoisotopic (exact) mass is 509 g/mol. The Morgan fingerprint density at radius 1 is 0.486 bits per heavy atom. The van der Waals surface area contributed by atoms with E-state index < -0.39 is 0 Å². The van der Waals surface area contributed by atoms with E-state index in [1.807, 2.05) is 0 Å². The second-order valence-corrected chi connectivity index (χ2v) is 16.1. The van der Waals surface area contributed by atoms with Crippen LogP contribution in [-0.4, -0.2) is 20.7 Å². The van der Waals surface area contributed by atoms with Gasteiger partial charge in [0, 0.05) is 29.8 Å². The number of rotatable bonds is 4. The predicted molar refractivity (Wildman–Crippen MR) is 160 cm³/mol. The fourth-order valence-electron chi connectivity index (χ4n) is 4.58. The molecule has 3 nitrogen and oxygen atoms in total. The molecule has 2 aromatic rings. The molecule has 37 heavy (non-hydrogen) atoms. The minimum Gasteiger partial charge on any atom is -0.507 e. The maximum absolute atomic E-state index is 11.5. The van der Waals surface area contributed by atoms with Crippen LogP contribution < -0.4 is 0 Å². The molecule has 0 radical (unpaired) electrons. The van der Waals surface area contributed by atoms with E-state index >= 15 is 0 Å². The molecule has 0 unspecified atom stereocenters. The molecule has 0 bridgehead atoms. The molecule has 0 fully saturated rings. The van der Waals surface area contributed by atoms with E-state index in [9.17, 15) is 10.2 Å². The third-order valence-electron chi connectivity index (χ3n) is 7.40. The van der Waals surface area contributed by atoms with Crippen LogP contribution in [0.25, 0.3) is 0 Å². The van der Waals surface area contributed by atoms with Crippen molar-refractivity contribution in [3.8, 4) is 11.5 Å². The highest BCUT2D eigenvalue weighted by Gasteiger charge is 2.30. The number of hydrogen-bond acceptors (Lipinski definition) is 3. The molecule has 2 aromatic carbocycles. The van der Waals surface area contributed by atoms with E-state index in [4.69, 9.17) is 0 Å². The Morgan fingerprint density at radius 3 is 1.00 bits per heavy atom. The summed E-state index contributed by atoms with van der Waals surface area (Å²) in [5.74, 6) is 0.774. The molecule has 0 aliphatic rings. The normalized spacial score (nSPS) is 13.9. The lowest BCUT2D eigenvalue weighted by atomic mass is 9.78. The Bertz CT molecular complexity index is 1020. The molecule has 0 saturated heterocycles. The quantitative estimate of drug-likeness (QED) is 0.432. The topological polar surface area (TPSA) is 43.7 Å². The van der Waals surface area contributed by atoms with Gasteiger partial charge >= 0.3 is 0 Å². The summed E-state index contributed by atoms with van der Waals surface area (Å²) in [6.45, 7) is 34.1. The second-order valence-electron chi connectivity index (χ2n) is 16.1.